The number of carbonyl (C=O) groups excluding carboxylic acids is 2. The van der Waals surface area contributed by atoms with Gasteiger partial charge < -0.3 is 15.0 Å². The van der Waals surface area contributed by atoms with Gasteiger partial charge in [-0.25, -0.2) is 4.79 Å². The van der Waals surface area contributed by atoms with Crippen LogP contribution in [0.2, 0.25) is 0 Å². The van der Waals surface area contributed by atoms with E-state index < -0.39 is 16.3 Å². The second-order valence-electron chi connectivity index (χ2n) is 7.93. The number of benzene rings is 1. The van der Waals surface area contributed by atoms with Crippen LogP contribution in [0.5, 0.6) is 0 Å². The van der Waals surface area contributed by atoms with Gasteiger partial charge in [0.05, 0.1) is 18.6 Å². The molecule has 2 fully saturated rings. The van der Waals surface area contributed by atoms with Crippen molar-refractivity contribution < 1.29 is 22.7 Å². The number of carbonyl (C=O) groups is 2. The van der Waals surface area contributed by atoms with Gasteiger partial charge in [0, 0.05) is 39.3 Å². The van der Waals surface area contributed by atoms with Gasteiger partial charge in [-0.15, -0.1) is 0 Å². The van der Waals surface area contributed by atoms with Crippen LogP contribution >= 0.6 is 0 Å². The maximum absolute atomic E-state index is 13.1. The van der Waals surface area contributed by atoms with Gasteiger partial charge in [0.2, 0.25) is 5.91 Å². The summed E-state index contributed by atoms with van der Waals surface area (Å²) in [5.41, 5.74) is 1.01. The lowest BCUT2D eigenvalue weighted by Gasteiger charge is -2.38. The maximum atomic E-state index is 13.1. The molecule has 1 aromatic carbocycles. The SMILES string of the molecule is CCOC(=O)N1CCN(S(=O)(=O)N2CCC[C@@H](C(=O)N[C@@H](C)c3ccccc3)C2)CC1. The molecule has 0 radical (unpaired) electrons. The third-order valence-electron chi connectivity index (χ3n) is 5.83. The van der Waals surface area contributed by atoms with Gasteiger partial charge in [0.25, 0.3) is 10.2 Å². The summed E-state index contributed by atoms with van der Waals surface area (Å²) in [7, 11) is -3.69. The van der Waals surface area contributed by atoms with E-state index in [2.05, 4.69) is 5.32 Å². The van der Waals surface area contributed by atoms with E-state index in [1.165, 1.54) is 13.5 Å². The largest absolute Gasteiger partial charge is 0.450 e. The first-order chi connectivity index (χ1) is 14.8. The van der Waals surface area contributed by atoms with E-state index in [1.807, 2.05) is 37.3 Å². The number of rotatable bonds is 6. The summed E-state index contributed by atoms with van der Waals surface area (Å²) < 4.78 is 34.1. The molecule has 2 aliphatic rings. The van der Waals surface area contributed by atoms with Gasteiger partial charge in [0.1, 0.15) is 0 Å². The Bertz CT molecular complexity index is 856. The minimum absolute atomic E-state index is 0.122. The molecule has 1 N–H and O–H groups in total. The summed E-state index contributed by atoms with van der Waals surface area (Å²) in [5, 5.41) is 3.02. The number of ether oxygens (including phenoxy) is 1. The molecule has 9 nitrogen and oxygen atoms in total. The van der Waals surface area contributed by atoms with Crippen molar-refractivity contribution in [2.75, 3.05) is 45.9 Å². The van der Waals surface area contributed by atoms with Gasteiger partial charge in [0.15, 0.2) is 0 Å². The molecular weight excluding hydrogens is 420 g/mol. The molecular formula is C21H32N4O5S. The number of hydrogen-bond donors (Lipinski definition) is 1. The molecule has 3 rings (SSSR count). The molecule has 10 heteroatoms. The smallest absolute Gasteiger partial charge is 0.409 e. The Morgan fingerprint density at radius 1 is 1.10 bits per heavy atom. The molecule has 0 spiro atoms. The fourth-order valence-electron chi connectivity index (χ4n) is 4.00. The van der Waals surface area contributed by atoms with E-state index in [1.54, 1.807) is 6.92 Å². The lowest BCUT2D eigenvalue weighted by molar-refractivity contribution is -0.126. The quantitative estimate of drug-likeness (QED) is 0.707. The standard InChI is InChI=1S/C21H32N4O5S/c1-3-30-21(27)23-12-14-24(15-13-23)31(28,29)25-11-7-10-19(16-25)20(26)22-17(2)18-8-5-4-6-9-18/h4-6,8-9,17,19H,3,7,10-16H2,1-2H3,(H,22,26)/t17-,19+/m0/s1. The fraction of sp³-hybridized carbons (Fsp3) is 0.619. The molecule has 1 aromatic rings. The second-order valence-corrected chi connectivity index (χ2v) is 9.86. The molecule has 0 aromatic heterocycles. The average Bonchev–Trinajstić information content (AvgIpc) is 2.80. The van der Waals surface area contributed by atoms with Crippen LogP contribution in [0.15, 0.2) is 30.3 Å². The van der Waals surface area contributed by atoms with Gasteiger partial charge in [-0.2, -0.15) is 17.0 Å². The van der Waals surface area contributed by atoms with Crippen molar-refractivity contribution in [1.29, 1.82) is 0 Å². The Kier molecular flexibility index (Phi) is 7.90. The number of hydrogen-bond acceptors (Lipinski definition) is 5. The van der Waals surface area contributed by atoms with Crippen LogP contribution < -0.4 is 5.32 Å². The normalized spacial score (nSPS) is 22.0. The minimum Gasteiger partial charge on any atom is -0.450 e. The van der Waals surface area contributed by atoms with Gasteiger partial charge in [-0.05, 0) is 32.3 Å². The molecule has 2 atom stereocenters. The number of nitrogens with zero attached hydrogens (tertiary/aromatic N) is 3. The number of piperazine rings is 1. The van der Waals surface area contributed by atoms with Gasteiger partial charge in [-0.1, -0.05) is 30.3 Å². The van der Waals surface area contributed by atoms with Crippen LogP contribution in [0.25, 0.3) is 0 Å². The summed E-state index contributed by atoms with van der Waals surface area (Å²) in [6.07, 6.45) is 0.886. The van der Waals surface area contributed by atoms with E-state index in [9.17, 15) is 18.0 Å². The van der Waals surface area contributed by atoms with E-state index in [0.717, 1.165) is 5.56 Å². The highest BCUT2D eigenvalue weighted by Crippen LogP contribution is 2.23. The molecule has 2 saturated heterocycles. The van der Waals surface area contributed by atoms with Crippen molar-refractivity contribution in [1.82, 2.24) is 18.8 Å². The Hall–Kier alpha value is -2.17. The van der Waals surface area contributed by atoms with Gasteiger partial charge in [-0.3, -0.25) is 4.79 Å². The zero-order valence-corrected chi connectivity index (χ0v) is 19.0. The first-order valence-electron chi connectivity index (χ1n) is 10.8. The molecule has 2 aliphatic heterocycles. The Morgan fingerprint density at radius 3 is 2.42 bits per heavy atom. The Labute approximate surface area is 184 Å². The molecule has 0 aliphatic carbocycles. The predicted molar refractivity (Wildman–Crippen MR) is 116 cm³/mol. The lowest BCUT2D eigenvalue weighted by atomic mass is 9.98. The number of piperidine rings is 1. The second kappa shape index (κ2) is 10.4. The van der Waals surface area contributed by atoms with E-state index in [-0.39, 0.29) is 44.1 Å². The third-order valence-corrected chi connectivity index (χ3v) is 7.83. The predicted octanol–water partition coefficient (Wildman–Crippen LogP) is 1.59. The summed E-state index contributed by atoms with van der Waals surface area (Å²) in [6, 6.07) is 9.55. The fourth-order valence-corrected chi connectivity index (χ4v) is 5.68. The van der Waals surface area contributed by atoms with E-state index in [0.29, 0.717) is 32.5 Å². The van der Waals surface area contributed by atoms with Crippen molar-refractivity contribution in [3.8, 4) is 0 Å². The summed E-state index contributed by atoms with van der Waals surface area (Å²) in [4.78, 5) is 26.2. The molecule has 2 amide bonds. The average molecular weight is 453 g/mol. The lowest BCUT2D eigenvalue weighted by Crippen LogP contribution is -2.56. The highest BCUT2D eigenvalue weighted by molar-refractivity contribution is 7.86. The number of nitrogens with one attached hydrogen (secondary N) is 1. The van der Waals surface area contributed by atoms with Crippen LogP contribution in [0, 0.1) is 5.92 Å². The summed E-state index contributed by atoms with van der Waals surface area (Å²) >= 11 is 0. The number of amides is 2. The van der Waals surface area contributed by atoms with E-state index >= 15 is 0 Å². The zero-order valence-electron chi connectivity index (χ0n) is 18.2. The summed E-state index contributed by atoms with van der Waals surface area (Å²) in [5.74, 6) is -0.501. The van der Waals surface area contributed by atoms with Crippen LogP contribution in [-0.2, 0) is 19.7 Å². The molecule has 31 heavy (non-hydrogen) atoms. The minimum atomic E-state index is -3.69. The van der Waals surface area contributed by atoms with Crippen LogP contribution in [-0.4, -0.2) is 79.8 Å². The molecule has 2 heterocycles. The highest BCUT2D eigenvalue weighted by Gasteiger charge is 2.38. The van der Waals surface area contributed by atoms with Crippen molar-refractivity contribution in [2.24, 2.45) is 5.92 Å². The monoisotopic (exact) mass is 452 g/mol. The van der Waals surface area contributed by atoms with Crippen LogP contribution in [0.4, 0.5) is 4.79 Å². The zero-order chi connectivity index (χ0) is 22.4. The van der Waals surface area contributed by atoms with Crippen LogP contribution in [0.1, 0.15) is 38.3 Å². The topological polar surface area (TPSA) is 99.3 Å². The summed E-state index contributed by atoms with van der Waals surface area (Å²) in [6.45, 7) is 5.56. The molecule has 0 unspecified atom stereocenters. The molecule has 0 saturated carbocycles. The molecule has 172 valence electrons. The first kappa shape index (κ1) is 23.5. The Morgan fingerprint density at radius 2 is 1.77 bits per heavy atom. The van der Waals surface area contributed by atoms with Crippen molar-refractivity contribution in [2.45, 2.75) is 32.7 Å². The van der Waals surface area contributed by atoms with Crippen LogP contribution in [0.3, 0.4) is 0 Å². The van der Waals surface area contributed by atoms with Crippen molar-refractivity contribution in [3.63, 3.8) is 0 Å². The van der Waals surface area contributed by atoms with Crippen molar-refractivity contribution in [3.05, 3.63) is 35.9 Å². The molecule has 0 bridgehead atoms. The third kappa shape index (κ3) is 5.75. The van der Waals surface area contributed by atoms with E-state index in [4.69, 9.17) is 4.74 Å². The first-order valence-corrected chi connectivity index (χ1v) is 12.2. The van der Waals surface area contributed by atoms with Crippen molar-refractivity contribution >= 4 is 22.2 Å². The highest BCUT2D eigenvalue weighted by atomic mass is 32.2. The maximum Gasteiger partial charge on any atom is 0.409 e. The Balaban J connectivity index is 1.56. The van der Waals surface area contributed by atoms with Gasteiger partial charge >= 0.3 is 6.09 Å².